The van der Waals surface area contributed by atoms with Crippen LogP contribution in [0.5, 0.6) is 0 Å². The molecule has 2 unspecified atom stereocenters. The lowest BCUT2D eigenvalue weighted by Gasteiger charge is -2.26. The highest BCUT2D eigenvalue weighted by Gasteiger charge is 2.41. The molecule has 18 heavy (non-hydrogen) atoms. The van der Waals surface area contributed by atoms with E-state index in [2.05, 4.69) is 5.32 Å². The zero-order chi connectivity index (χ0) is 12.5. The molecule has 0 radical (unpaired) electrons. The van der Waals surface area contributed by atoms with E-state index >= 15 is 0 Å². The van der Waals surface area contributed by atoms with Crippen LogP contribution in [0.4, 0.5) is 0 Å². The molecule has 1 saturated carbocycles. The summed E-state index contributed by atoms with van der Waals surface area (Å²) in [6, 6.07) is -0.230. The van der Waals surface area contributed by atoms with Crippen LogP contribution in [0.25, 0.3) is 0 Å². The standard InChI is InChI=1S/C13H20N2O2S/c16-11-5-6-15(8-10-2-1-7-18-10)13(17)12(14-11)9-3-4-9/h9-10,12H,1-8H2,(H,14,16). The molecule has 0 aromatic carbocycles. The molecule has 2 heterocycles. The summed E-state index contributed by atoms with van der Waals surface area (Å²) in [4.78, 5) is 26.1. The first-order valence-electron chi connectivity index (χ1n) is 6.94. The Kier molecular flexibility index (Phi) is 3.50. The Balaban J connectivity index is 1.67. The van der Waals surface area contributed by atoms with Gasteiger partial charge < -0.3 is 10.2 Å². The molecule has 3 aliphatic rings. The number of carbonyl (C=O) groups excluding carboxylic acids is 2. The van der Waals surface area contributed by atoms with Gasteiger partial charge >= 0.3 is 0 Å². The smallest absolute Gasteiger partial charge is 0.245 e. The minimum atomic E-state index is -0.230. The highest BCUT2D eigenvalue weighted by atomic mass is 32.2. The van der Waals surface area contributed by atoms with E-state index in [9.17, 15) is 9.59 Å². The van der Waals surface area contributed by atoms with E-state index < -0.39 is 0 Å². The van der Waals surface area contributed by atoms with Crippen LogP contribution < -0.4 is 5.32 Å². The number of hydrogen-bond donors (Lipinski definition) is 1. The van der Waals surface area contributed by atoms with Crippen molar-refractivity contribution < 1.29 is 9.59 Å². The van der Waals surface area contributed by atoms with Crippen molar-refractivity contribution in [2.45, 2.75) is 43.4 Å². The molecular weight excluding hydrogens is 248 g/mol. The summed E-state index contributed by atoms with van der Waals surface area (Å²) in [6.07, 6.45) is 5.11. The molecule has 4 nitrogen and oxygen atoms in total. The second kappa shape index (κ2) is 5.11. The van der Waals surface area contributed by atoms with E-state index in [-0.39, 0.29) is 17.9 Å². The Hall–Kier alpha value is -0.710. The minimum Gasteiger partial charge on any atom is -0.344 e. The average Bonchev–Trinajstić information content (AvgIpc) is 3.09. The Morgan fingerprint density at radius 3 is 2.78 bits per heavy atom. The fourth-order valence-corrected chi connectivity index (χ4v) is 4.10. The Labute approximate surface area is 112 Å². The van der Waals surface area contributed by atoms with E-state index in [4.69, 9.17) is 0 Å². The van der Waals surface area contributed by atoms with Gasteiger partial charge in [-0.15, -0.1) is 0 Å². The quantitative estimate of drug-likeness (QED) is 0.831. The summed E-state index contributed by atoms with van der Waals surface area (Å²) < 4.78 is 0. The van der Waals surface area contributed by atoms with Crippen molar-refractivity contribution in [1.82, 2.24) is 10.2 Å². The van der Waals surface area contributed by atoms with Crippen molar-refractivity contribution in [3.63, 3.8) is 0 Å². The molecule has 3 fully saturated rings. The lowest BCUT2D eigenvalue weighted by molar-refractivity contribution is -0.134. The number of rotatable bonds is 3. The van der Waals surface area contributed by atoms with Gasteiger partial charge in [0.15, 0.2) is 0 Å². The van der Waals surface area contributed by atoms with Gasteiger partial charge in [-0.25, -0.2) is 0 Å². The first kappa shape index (κ1) is 12.3. The topological polar surface area (TPSA) is 49.4 Å². The van der Waals surface area contributed by atoms with Crippen molar-refractivity contribution in [2.24, 2.45) is 5.92 Å². The van der Waals surface area contributed by atoms with Crippen LogP contribution in [0.3, 0.4) is 0 Å². The second-order valence-corrected chi connectivity index (χ2v) is 6.96. The minimum absolute atomic E-state index is 0.0434. The van der Waals surface area contributed by atoms with Crippen LogP contribution in [0, 0.1) is 5.92 Å². The van der Waals surface area contributed by atoms with Crippen LogP contribution in [-0.2, 0) is 9.59 Å². The van der Waals surface area contributed by atoms with Crippen LogP contribution in [-0.4, -0.2) is 46.8 Å². The zero-order valence-corrected chi connectivity index (χ0v) is 11.4. The summed E-state index contributed by atoms with van der Waals surface area (Å²) in [5.41, 5.74) is 0. The van der Waals surface area contributed by atoms with Crippen LogP contribution in [0.1, 0.15) is 32.1 Å². The van der Waals surface area contributed by atoms with Crippen molar-refractivity contribution in [3.8, 4) is 0 Å². The van der Waals surface area contributed by atoms with Gasteiger partial charge in [-0.2, -0.15) is 11.8 Å². The lowest BCUT2D eigenvalue weighted by atomic mass is 10.1. The molecular formula is C13H20N2O2S. The number of carbonyl (C=O) groups is 2. The summed E-state index contributed by atoms with van der Waals surface area (Å²) in [5, 5.41) is 3.49. The van der Waals surface area contributed by atoms with E-state index in [1.807, 2.05) is 16.7 Å². The molecule has 100 valence electrons. The van der Waals surface area contributed by atoms with Crippen LogP contribution >= 0.6 is 11.8 Å². The van der Waals surface area contributed by atoms with Gasteiger partial charge in [0.25, 0.3) is 0 Å². The van der Waals surface area contributed by atoms with Crippen molar-refractivity contribution >= 4 is 23.6 Å². The number of hydrogen-bond acceptors (Lipinski definition) is 3. The third-order valence-corrected chi connectivity index (χ3v) is 5.42. The fourth-order valence-electron chi connectivity index (χ4n) is 2.82. The van der Waals surface area contributed by atoms with Crippen LogP contribution in [0.2, 0.25) is 0 Å². The summed E-state index contributed by atoms with van der Waals surface area (Å²) in [7, 11) is 0. The molecule has 1 N–H and O–H groups in total. The van der Waals surface area contributed by atoms with Gasteiger partial charge in [0, 0.05) is 24.8 Å². The molecule has 1 aliphatic carbocycles. The van der Waals surface area contributed by atoms with Gasteiger partial charge in [-0.3, -0.25) is 9.59 Å². The second-order valence-electron chi connectivity index (χ2n) is 5.55. The third kappa shape index (κ3) is 2.66. The van der Waals surface area contributed by atoms with E-state index in [1.165, 1.54) is 18.6 Å². The van der Waals surface area contributed by atoms with E-state index in [0.717, 1.165) is 19.4 Å². The lowest BCUT2D eigenvalue weighted by Crippen LogP contribution is -2.47. The maximum atomic E-state index is 12.5. The van der Waals surface area contributed by atoms with Gasteiger partial charge in [0.05, 0.1) is 0 Å². The zero-order valence-electron chi connectivity index (χ0n) is 10.6. The number of nitrogens with zero attached hydrogens (tertiary/aromatic N) is 1. The number of thioether (sulfide) groups is 1. The molecule has 5 heteroatoms. The SMILES string of the molecule is O=C1CCN(CC2CCCS2)C(=O)C(C2CC2)N1. The maximum Gasteiger partial charge on any atom is 0.245 e. The third-order valence-electron chi connectivity index (χ3n) is 4.04. The molecule has 2 aliphatic heterocycles. The highest BCUT2D eigenvalue weighted by Crippen LogP contribution is 2.35. The van der Waals surface area contributed by atoms with Gasteiger partial charge in [-0.05, 0) is 37.4 Å². The molecule has 0 spiro atoms. The van der Waals surface area contributed by atoms with Crippen molar-refractivity contribution in [1.29, 1.82) is 0 Å². The highest BCUT2D eigenvalue weighted by molar-refractivity contribution is 8.00. The number of amides is 2. The largest absolute Gasteiger partial charge is 0.344 e. The maximum absolute atomic E-state index is 12.5. The summed E-state index contributed by atoms with van der Waals surface area (Å²) in [5.74, 6) is 1.83. The molecule has 2 saturated heterocycles. The van der Waals surface area contributed by atoms with Crippen molar-refractivity contribution in [2.75, 3.05) is 18.8 Å². The molecule has 2 atom stereocenters. The fraction of sp³-hybridized carbons (Fsp3) is 0.846. The Bertz CT molecular complexity index is 351. The normalized spacial score (nSPS) is 33.4. The summed E-state index contributed by atoms with van der Waals surface area (Å²) >= 11 is 1.97. The molecule has 0 aromatic rings. The van der Waals surface area contributed by atoms with Gasteiger partial charge in [0.1, 0.15) is 6.04 Å². The first-order chi connectivity index (χ1) is 8.74. The van der Waals surface area contributed by atoms with Gasteiger partial charge in [-0.1, -0.05) is 0 Å². The van der Waals surface area contributed by atoms with Crippen LogP contribution in [0.15, 0.2) is 0 Å². The van der Waals surface area contributed by atoms with Gasteiger partial charge in [0.2, 0.25) is 11.8 Å². The monoisotopic (exact) mass is 268 g/mol. The first-order valence-corrected chi connectivity index (χ1v) is 7.98. The predicted octanol–water partition coefficient (Wildman–Crippen LogP) is 1.01. The molecule has 3 rings (SSSR count). The Morgan fingerprint density at radius 2 is 2.11 bits per heavy atom. The molecule has 2 amide bonds. The Morgan fingerprint density at radius 1 is 1.28 bits per heavy atom. The number of nitrogens with one attached hydrogen (secondary N) is 1. The summed E-state index contributed by atoms with van der Waals surface area (Å²) in [6.45, 7) is 1.44. The average molecular weight is 268 g/mol. The van der Waals surface area contributed by atoms with E-state index in [0.29, 0.717) is 24.1 Å². The van der Waals surface area contributed by atoms with E-state index in [1.54, 1.807) is 0 Å². The molecule has 0 aromatic heterocycles. The molecule has 0 bridgehead atoms. The van der Waals surface area contributed by atoms with Crippen molar-refractivity contribution in [3.05, 3.63) is 0 Å². The predicted molar refractivity (Wildman–Crippen MR) is 71.3 cm³/mol.